The molecule has 3 nitrogen and oxygen atoms in total. The first-order valence-electron chi connectivity index (χ1n) is 6.34. The van der Waals surface area contributed by atoms with Crippen LogP contribution in [-0.4, -0.2) is 16.4 Å². The second-order valence-corrected chi connectivity index (χ2v) is 4.47. The number of hydrogen-bond donors (Lipinski definition) is 1. The molecule has 1 aromatic heterocycles. The number of benzene rings is 1. The summed E-state index contributed by atoms with van der Waals surface area (Å²) in [6.45, 7) is 4.15. The molecule has 0 atom stereocenters. The minimum absolute atomic E-state index is 0.242. The van der Waals surface area contributed by atoms with E-state index in [4.69, 9.17) is 5.73 Å². The summed E-state index contributed by atoms with van der Waals surface area (Å²) in [5, 5.41) is 0. The summed E-state index contributed by atoms with van der Waals surface area (Å²) < 4.78 is 13.8. The third kappa shape index (κ3) is 3.51. The molecular formula is C15H18FN3. The summed E-state index contributed by atoms with van der Waals surface area (Å²) in [7, 11) is 0. The molecule has 0 bridgehead atoms. The van der Waals surface area contributed by atoms with Gasteiger partial charge in [0, 0.05) is 36.7 Å². The Kier molecular flexibility index (Phi) is 4.47. The number of hydrogen-bond acceptors (Lipinski definition) is 3. The number of aromatic nitrogens is 1. The Labute approximate surface area is 112 Å². The second-order valence-electron chi connectivity index (χ2n) is 4.47. The molecular weight excluding hydrogens is 241 g/mol. The van der Waals surface area contributed by atoms with Crippen LogP contribution in [-0.2, 0) is 13.1 Å². The van der Waals surface area contributed by atoms with Gasteiger partial charge in [-0.05, 0) is 36.4 Å². The van der Waals surface area contributed by atoms with Gasteiger partial charge in [0.25, 0.3) is 0 Å². The standard InChI is InChI=1S/C15H18FN3/c1-2-19(10-12-6-8-18-9-7-12)11-13-14(16)4-3-5-15(13)17/h3-9H,2,10-11,17H2,1H3. The van der Waals surface area contributed by atoms with Gasteiger partial charge < -0.3 is 5.73 Å². The van der Waals surface area contributed by atoms with Crippen LogP contribution in [0, 0.1) is 5.82 Å². The largest absolute Gasteiger partial charge is 0.398 e. The Hall–Kier alpha value is -1.94. The zero-order chi connectivity index (χ0) is 13.7. The third-order valence-electron chi connectivity index (χ3n) is 3.14. The van der Waals surface area contributed by atoms with Crippen LogP contribution in [0.1, 0.15) is 18.1 Å². The average molecular weight is 259 g/mol. The van der Waals surface area contributed by atoms with Crippen molar-refractivity contribution in [2.75, 3.05) is 12.3 Å². The Morgan fingerprint density at radius 1 is 1.16 bits per heavy atom. The molecule has 1 heterocycles. The lowest BCUT2D eigenvalue weighted by atomic mass is 10.1. The molecule has 0 amide bonds. The minimum atomic E-state index is -0.242. The summed E-state index contributed by atoms with van der Waals surface area (Å²) in [6, 6.07) is 8.75. The Balaban J connectivity index is 2.11. The van der Waals surface area contributed by atoms with Crippen LogP contribution < -0.4 is 5.73 Å². The van der Waals surface area contributed by atoms with Crippen LogP contribution in [0.25, 0.3) is 0 Å². The predicted molar refractivity (Wildman–Crippen MR) is 74.8 cm³/mol. The van der Waals surface area contributed by atoms with Crippen molar-refractivity contribution in [3.05, 3.63) is 59.7 Å². The SMILES string of the molecule is CCN(Cc1ccncc1)Cc1c(N)cccc1F. The fraction of sp³-hybridized carbons (Fsp3) is 0.267. The predicted octanol–water partition coefficient (Wildman–Crippen LogP) is 2.83. The molecule has 0 fully saturated rings. The number of halogens is 1. The van der Waals surface area contributed by atoms with Gasteiger partial charge in [0.05, 0.1) is 0 Å². The summed E-state index contributed by atoms with van der Waals surface area (Å²) in [6.07, 6.45) is 3.53. The molecule has 0 unspecified atom stereocenters. The van der Waals surface area contributed by atoms with Gasteiger partial charge in [-0.2, -0.15) is 0 Å². The highest BCUT2D eigenvalue weighted by molar-refractivity contribution is 5.47. The molecule has 0 saturated carbocycles. The van der Waals surface area contributed by atoms with Gasteiger partial charge >= 0.3 is 0 Å². The van der Waals surface area contributed by atoms with Crippen molar-refractivity contribution in [1.29, 1.82) is 0 Å². The van der Waals surface area contributed by atoms with Crippen LogP contribution in [0.2, 0.25) is 0 Å². The Morgan fingerprint density at radius 2 is 1.89 bits per heavy atom. The zero-order valence-corrected chi connectivity index (χ0v) is 11.0. The average Bonchev–Trinajstić information content (AvgIpc) is 2.43. The molecule has 0 radical (unpaired) electrons. The van der Waals surface area contributed by atoms with Crippen LogP contribution in [0.15, 0.2) is 42.7 Å². The molecule has 0 aliphatic carbocycles. The van der Waals surface area contributed by atoms with Gasteiger partial charge in [-0.3, -0.25) is 9.88 Å². The lowest BCUT2D eigenvalue weighted by Gasteiger charge is -2.21. The maximum Gasteiger partial charge on any atom is 0.129 e. The maximum atomic E-state index is 13.8. The molecule has 2 aromatic rings. The number of pyridine rings is 1. The first kappa shape index (κ1) is 13.5. The van der Waals surface area contributed by atoms with Crippen molar-refractivity contribution in [1.82, 2.24) is 9.88 Å². The minimum Gasteiger partial charge on any atom is -0.398 e. The van der Waals surface area contributed by atoms with Crippen LogP contribution in [0.5, 0.6) is 0 Å². The van der Waals surface area contributed by atoms with E-state index < -0.39 is 0 Å². The van der Waals surface area contributed by atoms with Crippen molar-refractivity contribution in [2.45, 2.75) is 20.0 Å². The Bertz CT molecular complexity index is 508. The highest BCUT2D eigenvalue weighted by Crippen LogP contribution is 2.18. The summed E-state index contributed by atoms with van der Waals surface area (Å²) >= 11 is 0. The van der Waals surface area contributed by atoms with E-state index in [0.717, 1.165) is 18.7 Å². The van der Waals surface area contributed by atoms with Gasteiger partial charge in [0.2, 0.25) is 0 Å². The monoisotopic (exact) mass is 259 g/mol. The van der Waals surface area contributed by atoms with Crippen molar-refractivity contribution in [3.8, 4) is 0 Å². The molecule has 0 aliphatic heterocycles. The van der Waals surface area contributed by atoms with Crippen LogP contribution >= 0.6 is 0 Å². The van der Waals surface area contributed by atoms with E-state index in [1.807, 2.05) is 12.1 Å². The summed E-state index contributed by atoms with van der Waals surface area (Å²) in [5.74, 6) is -0.242. The van der Waals surface area contributed by atoms with Crippen molar-refractivity contribution < 1.29 is 4.39 Å². The molecule has 0 spiro atoms. The molecule has 1 aromatic carbocycles. The number of anilines is 1. The fourth-order valence-electron chi connectivity index (χ4n) is 1.99. The number of nitrogens with zero attached hydrogens (tertiary/aromatic N) is 2. The van der Waals surface area contributed by atoms with Gasteiger partial charge in [-0.1, -0.05) is 13.0 Å². The molecule has 100 valence electrons. The van der Waals surface area contributed by atoms with Crippen LogP contribution in [0.3, 0.4) is 0 Å². The van der Waals surface area contributed by atoms with Gasteiger partial charge in [0.15, 0.2) is 0 Å². The third-order valence-corrected chi connectivity index (χ3v) is 3.14. The van der Waals surface area contributed by atoms with E-state index in [9.17, 15) is 4.39 Å². The number of rotatable bonds is 5. The quantitative estimate of drug-likeness (QED) is 0.840. The fourth-order valence-corrected chi connectivity index (χ4v) is 1.99. The molecule has 2 N–H and O–H groups in total. The smallest absolute Gasteiger partial charge is 0.129 e. The van der Waals surface area contributed by atoms with E-state index in [2.05, 4.69) is 16.8 Å². The summed E-state index contributed by atoms with van der Waals surface area (Å²) in [5.41, 5.74) is 8.08. The normalized spacial score (nSPS) is 10.9. The summed E-state index contributed by atoms with van der Waals surface area (Å²) in [4.78, 5) is 6.14. The van der Waals surface area contributed by atoms with E-state index in [0.29, 0.717) is 17.8 Å². The number of nitrogens with two attached hydrogens (primary N) is 1. The second kappa shape index (κ2) is 6.29. The van der Waals surface area contributed by atoms with Crippen LogP contribution in [0.4, 0.5) is 10.1 Å². The lowest BCUT2D eigenvalue weighted by Crippen LogP contribution is -2.23. The van der Waals surface area contributed by atoms with E-state index in [1.165, 1.54) is 6.07 Å². The molecule has 19 heavy (non-hydrogen) atoms. The highest BCUT2D eigenvalue weighted by atomic mass is 19.1. The molecule has 0 aliphatic rings. The molecule has 2 rings (SSSR count). The van der Waals surface area contributed by atoms with Crippen molar-refractivity contribution in [3.63, 3.8) is 0 Å². The van der Waals surface area contributed by atoms with E-state index in [1.54, 1.807) is 24.5 Å². The first-order chi connectivity index (χ1) is 9.20. The van der Waals surface area contributed by atoms with Gasteiger partial charge in [-0.15, -0.1) is 0 Å². The Morgan fingerprint density at radius 3 is 2.53 bits per heavy atom. The number of nitrogen functional groups attached to an aromatic ring is 1. The topological polar surface area (TPSA) is 42.2 Å². The maximum absolute atomic E-state index is 13.8. The van der Waals surface area contributed by atoms with Gasteiger partial charge in [0.1, 0.15) is 5.82 Å². The highest BCUT2D eigenvalue weighted by Gasteiger charge is 2.11. The lowest BCUT2D eigenvalue weighted by molar-refractivity contribution is 0.268. The zero-order valence-electron chi connectivity index (χ0n) is 11.0. The van der Waals surface area contributed by atoms with E-state index >= 15 is 0 Å². The molecule has 0 saturated heterocycles. The van der Waals surface area contributed by atoms with Crippen molar-refractivity contribution in [2.24, 2.45) is 0 Å². The van der Waals surface area contributed by atoms with E-state index in [-0.39, 0.29) is 5.82 Å². The van der Waals surface area contributed by atoms with Crippen molar-refractivity contribution >= 4 is 5.69 Å². The van der Waals surface area contributed by atoms with Gasteiger partial charge in [-0.25, -0.2) is 4.39 Å². The first-order valence-corrected chi connectivity index (χ1v) is 6.34. The molecule has 4 heteroatoms.